The maximum atomic E-state index is 5.37. The van der Waals surface area contributed by atoms with Crippen LogP contribution >= 0.6 is 11.3 Å². The van der Waals surface area contributed by atoms with Crippen LogP contribution in [0.1, 0.15) is 42.6 Å². The summed E-state index contributed by atoms with van der Waals surface area (Å²) >= 11 is 1.77. The normalized spacial score (nSPS) is 17.8. The first-order valence-corrected chi connectivity index (χ1v) is 7.20. The van der Waals surface area contributed by atoms with E-state index in [2.05, 4.69) is 29.4 Å². The van der Waals surface area contributed by atoms with Crippen LogP contribution in [0.15, 0.2) is 0 Å². The summed E-state index contributed by atoms with van der Waals surface area (Å²) in [5.74, 6) is 0.577. The van der Waals surface area contributed by atoms with Gasteiger partial charge in [-0.3, -0.25) is 0 Å². The lowest BCUT2D eigenvalue weighted by molar-refractivity contribution is 0.0851. The summed E-state index contributed by atoms with van der Waals surface area (Å²) in [5.41, 5.74) is 0. The minimum Gasteiger partial charge on any atom is -0.381 e. The van der Waals surface area contributed by atoms with Crippen LogP contribution in [0, 0.1) is 0 Å². The third kappa shape index (κ3) is 4.01. The van der Waals surface area contributed by atoms with Gasteiger partial charge in [-0.05, 0) is 12.8 Å². The van der Waals surface area contributed by atoms with Crippen LogP contribution in [-0.2, 0) is 11.2 Å². The molecule has 1 aliphatic heterocycles. The summed E-state index contributed by atoms with van der Waals surface area (Å²) in [6, 6.07) is 0.540. The number of rotatable bonds is 5. The first-order valence-electron chi connectivity index (χ1n) is 6.39. The summed E-state index contributed by atoms with van der Waals surface area (Å²) in [4.78, 5) is 0. The standard InChI is InChI=1S/C12H21N3OS/c1-9(2)13-6-3-11-14-15-12(17-11)10-4-7-16-8-5-10/h9-10,13H,3-8H2,1-2H3. The molecule has 4 nitrogen and oxygen atoms in total. The summed E-state index contributed by atoms with van der Waals surface area (Å²) < 4.78 is 5.37. The van der Waals surface area contributed by atoms with E-state index in [9.17, 15) is 0 Å². The average molecular weight is 255 g/mol. The number of ether oxygens (including phenoxy) is 1. The quantitative estimate of drug-likeness (QED) is 0.874. The third-order valence-electron chi connectivity index (χ3n) is 2.94. The first-order chi connectivity index (χ1) is 8.25. The molecule has 1 fully saturated rings. The van der Waals surface area contributed by atoms with Gasteiger partial charge in [-0.15, -0.1) is 21.5 Å². The number of aromatic nitrogens is 2. The van der Waals surface area contributed by atoms with Crippen LogP contribution in [-0.4, -0.2) is 36.0 Å². The molecule has 0 amide bonds. The molecule has 17 heavy (non-hydrogen) atoms. The van der Waals surface area contributed by atoms with Gasteiger partial charge in [0.05, 0.1) is 0 Å². The molecule has 1 aromatic rings. The van der Waals surface area contributed by atoms with E-state index in [4.69, 9.17) is 4.74 Å². The lowest BCUT2D eigenvalue weighted by Crippen LogP contribution is -2.24. The fourth-order valence-corrected chi connectivity index (χ4v) is 2.96. The lowest BCUT2D eigenvalue weighted by atomic mass is 10.0. The Morgan fingerprint density at radius 2 is 2.12 bits per heavy atom. The Bertz CT molecular complexity index is 334. The molecule has 0 aromatic carbocycles. The van der Waals surface area contributed by atoms with Crippen molar-refractivity contribution in [3.8, 4) is 0 Å². The first kappa shape index (κ1) is 12.9. The second-order valence-electron chi connectivity index (χ2n) is 4.78. The largest absolute Gasteiger partial charge is 0.381 e. The van der Waals surface area contributed by atoms with E-state index in [1.165, 1.54) is 5.01 Å². The second-order valence-corrected chi connectivity index (χ2v) is 5.87. The summed E-state index contributed by atoms with van der Waals surface area (Å²) in [7, 11) is 0. The molecule has 1 saturated heterocycles. The van der Waals surface area contributed by atoms with E-state index in [1.54, 1.807) is 11.3 Å². The molecule has 0 spiro atoms. The molecular formula is C12H21N3OS. The Hall–Kier alpha value is -0.520. The van der Waals surface area contributed by atoms with Crippen molar-refractivity contribution < 1.29 is 4.74 Å². The Balaban J connectivity index is 1.82. The van der Waals surface area contributed by atoms with Crippen molar-refractivity contribution >= 4 is 11.3 Å². The molecule has 0 aliphatic carbocycles. The number of hydrogen-bond donors (Lipinski definition) is 1. The summed E-state index contributed by atoms with van der Waals surface area (Å²) in [5, 5.41) is 14.4. The average Bonchev–Trinajstić information content (AvgIpc) is 2.78. The van der Waals surface area contributed by atoms with Crippen molar-refractivity contribution in [1.82, 2.24) is 15.5 Å². The Morgan fingerprint density at radius 3 is 2.82 bits per heavy atom. The molecule has 1 N–H and O–H groups in total. The zero-order chi connectivity index (χ0) is 12.1. The number of nitrogens with zero attached hydrogens (tertiary/aromatic N) is 2. The maximum absolute atomic E-state index is 5.37. The highest BCUT2D eigenvalue weighted by Crippen LogP contribution is 2.29. The Morgan fingerprint density at radius 1 is 1.35 bits per heavy atom. The molecule has 1 aliphatic rings. The molecular weight excluding hydrogens is 234 g/mol. The molecule has 96 valence electrons. The van der Waals surface area contributed by atoms with Gasteiger partial charge < -0.3 is 10.1 Å². The third-order valence-corrected chi connectivity index (χ3v) is 4.09. The van der Waals surface area contributed by atoms with E-state index in [-0.39, 0.29) is 0 Å². The molecule has 2 heterocycles. The molecule has 0 saturated carbocycles. The highest BCUT2D eigenvalue weighted by molar-refractivity contribution is 7.11. The summed E-state index contributed by atoms with van der Waals surface area (Å²) in [6.45, 7) is 7.05. The van der Waals surface area contributed by atoms with E-state index in [0.29, 0.717) is 12.0 Å². The maximum Gasteiger partial charge on any atom is 0.120 e. The predicted molar refractivity (Wildman–Crippen MR) is 69.5 cm³/mol. The SMILES string of the molecule is CC(C)NCCc1nnc(C2CCOCC2)s1. The number of nitrogens with one attached hydrogen (secondary N) is 1. The fraction of sp³-hybridized carbons (Fsp3) is 0.833. The highest BCUT2D eigenvalue weighted by atomic mass is 32.1. The van der Waals surface area contributed by atoms with Crippen LogP contribution in [0.25, 0.3) is 0 Å². The minimum absolute atomic E-state index is 0.540. The Kier molecular flexibility index (Phi) is 4.88. The number of hydrogen-bond acceptors (Lipinski definition) is 5. The Labute approximate surface area is 107 Å². The highest BCUT2D eigenvalue weighted by Gasteiger charge is 2.19. The second kappa shape index (κ2) is 6.42. The van der Waals surface area contributed by atoms with Crippen LogP contribution in [0.3, 0.4) is 0 Å². The van der Waals surface area contributed by atoms with Gasteiger partial charge in [0.15, 0.2) is 0 Å². The zero-order valence-corrected chi connectivity index (χ0v) is 11.4. The fourth-order valence-electron chi connectivity index (χ4n) is 1.94. The summed E-state index contributed by atoms with van der Waals surface area (Å²) in [6.07, 6.45) is 3.18. The molecule has 0 bridgehead atoms. The smallest absolute Gasteiger partial charge is 0.120 e. The molecule has 5 heteroatoms. The van der Waals surface area contributed by atoms with Crippen molar-refractivity contribution in [1.29, 1.82) is 0 Å². The van der Waals surface area contributed by atoms with Crippen molar-refractivity contribution in [2.24, 2.45) is 0 Å². The van der Waals surface area contributed by atoms with Crippen molar-refractivity contribution in [2.45, 2.75) is 45.1 Å². The van der Waals surface area contributed by atoms with Crippen LogP contribution in [0.5, 0.6) is 0 Å². The predicted octanol–water partition coefficient (Wildman–Crippen LogP) is 1.97. The van der Waals surface area contributed by atoms with E-state index in [1.807, 2.05) is 0 Å². The molecule has 1 aromatic heterocycles. The zero-order valence-electron chi connectivity index (χ0n) is 10.6. The van der Waals surface area contributed by atoms with E-state index >= 15 is 0 Å². The van der Waals surface area contributed by atoms with Gasteiger partial charge in [0, 0.05) is 38.1 Å². The van der Waals surface area contributed by atoms with Crippen molar-refractivity contribution in [3.63, 3.8) is 0 Å². The van der Waals surface area contributed by atoms with Gasteiger partial charge in [-0.1, -0.05) is 13.8 Å². The van der Waals surface area contributed by atoms with Gasteiger partial charge in [-0.2, -0.15) is 0 Å². The lowest BCUT2D eigenvalue weighted by Gasteiger charge is -2.19. The van der Waals surface area contributed by atoms with Crippen molar-refractivity contribution in [2.75, 3.05) is 19.8 Å². The van der Waals surface area contributed by atoms with Gasteiger partial charge in [0.25, 0.3) is 0 Å². The van der Waals surface area contributed by atoms with Crippen LogP contribution in [0.4, 0.5) is 0 Å². The minimum atomic E-state index is 0.540. The van der Waals surface area contributed by atoms with Gasteiger partial charge >= 0.3 is 0 Å². The van der Waals surface area contributed by atoms with Crippen molar-refractivity contribution in [3.05, 3.63) is 10.0 Å². The molecule has 0 unspecified atom stereocenters. The van der Waals surface area contributed by atoms with Gasteiger partial charge in [0.1, 0.15) is 10.0 Å². The van der Waals surface area contributed by atoms with E-state index in [0.717, 1.165) is 44.0 Å². The van der Waals surface area contributed by atoms with Gasteiger partial charge in [0.2, 0.25) is 0 Å². The van der Waals surface area contributed by atoms with Crippen LogP contribution in [0.2, 0.25) is 0 Å². The molecule has 0 radical (unpaired) electrons. The monoisotopic (exact) mass is 255 g/mol. The molecule has 2 rings (SSSR count). The topological polar surface area (TPSA) is 47.0 Å². The van der Waals surface area contributed by atoms with Crippen LogP contribution < -0.4 is 5.32 Å². The van der Waals surface area contributed by atoms with E-state index < -0.39 is 0 Å². The molecule has 0 atom stereocenters. The van der Waals surface area contributed by atoms with Gasteiger partial charge in [-0.25, -0.2) is 0 Å².